The topological polar surface area (TPSA) is 65.3 Å². The SMILES string of the molecule is CCCNC(C)(C#N)CCOc1ccc(CCO)cc1. The van der Waals surface area contributed by atoms with Crippen LogP contribution in [-0.2, 0) is 6.42 Å². The fourth-order valence-electron chi connectivity index (χ4n) is 1.84. The minimum atomic E-state index is -0.535. The van der Waals surface area contributed by atoms with Crippen LogP contribution in [0.4, 0.5) is 0 Å². The number of hydrogen-bond donors (Lipinski definition) is 2. The smallest absolute Gasteiger partial charge is 0.119 e. The predicted molar refractivity (Wildman–Crippen MR) is 79.7 cm³/mol. The van der Waals surface area contributed by atoms with Crippen molar-refractivity contribution in [2.75, 3.05) is 19.8 Å². The zero-order chi connectivity index (χ0) is 14.8. The molecule has 0 aliphatic rings. The van der Waals surface area contributed by atoms with Crippen molar-refractivity contribution in [1.82, 2.24) is 5.32 Å². The van der Waals surface area contributed by atoms with Crippen molar-refractivity contribution >= 4 is 0 Å². The summed E-state index contributed by atoms with van der Waals surface area (Å²) in [6.07, 6.45) is 2.31. The molecule has 1 unspecified atom stereocenters. The number of benzene rings is 1. The van der Waals surface area contributed by atoms with Crippen molar-refractivity contribution in [3.63, 3.8) is 0 Å². The van der Waals surface area contributed by atoms with E-state index < -0.39 is 5.54 Å². The Labute approximate surface area is 121 Å². The molecule has 20 heavy (non-hydrogen) atoms. The van der Waals surface area contributed by atoms with Gasteiger partial charge in [-0.25, -0.2) is 0 Å². The van der Waals surface area contributed by atoms with Gasteiger partial charge in [0.2, 0.25) is 0 Å². The number of nitrogens with one attached hydrogen (secondary N) is 1. The summed E-state index contributed by atoms with van der Waals surface area (Å²) in [5.74, 6) is 0.794. The molecule has 110 valence electrons. The first kappa shape index (κ1) is 16.5. The molecule has 0 aliphatic heterocycles. The van der Waals surface area contributed by atoms with Gasteiger partial charge in [0.05, 0.1) is 12.7 Å². The Kier molecular flexibility index (Phi) is 7.06. The average molecular weight is 276 g/mol. The quantitative estimate of drug-likeness (QED) is 0.726. The van der Waals surface area contributed by atoms with Gasteiger partial charge >= 0.3 is 0 Å². The van der Waals surface area contributed by atoms with Crippen molar-refractivity contribution in [2.45, 2.75) is 38.6 Å². The molecule has 2 N–H and O–H groups in total. The average Bonchev–Trinajstić information content (AvgIpc) is 2.47. The van der Waals surface area contributed by atoms with E-state index >= 15 is 0 Å². The molecule has 0 saturated heterocycles. The van der Waals surface area contributed by atoms with Crippen LogP contribution in [0.15, 0.2) is 24.3 Å². The number of ether oxygens (including phenoxy) is 1. The van der Waals surface area contributed by atoms with Gasteiger partial charge in [0.1, 0.15) is 11.3 Å². The lowest BCUT2D eigenvalue weighted by atomic mass is 10.0. The number of nitrogens with zero attached hydrogens (tertiary/aromatic N) is 1. The molecule has 0 bridgehead atoms. The molecule has 0 aliphatic carbocycles. The van der Waals surface area contributed by atoms with Gasteiger partial charge in [-0.05, 0) is 44.0 Å². The summed E-state index contributed by atoms with van der Waals surface area (Å²) < 4.78 is 5.66. The van der Waals surface area contributed by atoms with E-state index in [1.54, 1.807) is 0 Å². The summed E-state index contributed by atoms with van der Waals surface area (Å²) in [6.45, 7) is 5.47. The first-order chi connectivity index (χ1) is 9.63. The van der Waals surface area contributed by atoms with E-state index in [4.69, 9.17) is 9.84 Å². The molecule has 0 radical (unpaired) electrons. The summed E-state index contributed by atoms with van der Waals surface area (Å²) in [7, 11) is 0. The lowest BCUT2D eigenvalue weighted by molar-refractivity contribution is 0.267. The summed E-state index contributed by atoms with van der Waals surface area (Å²) in [5, 5.41) is 21.3. The minimum Gasteiger partial charge on any atom is -0.493 e. The van der Waals surface area contributed by atoms with E-state index in [1.165, 1.54) is 0 Å². The third-order valence-corrected chi connectivity index (χ3v) is 3.21. The third kappa shape index (κ3) is 5.60. The predicted octanol–water partition coefficient (Wildman–Crippen LogP) is 2.27. The van der Waals surface area contributed by atoms with Gasteiger partial charge in [0.15, 0.2) is 0 Å². The van der Waals surface area contributed by atoms with Crippen LogP contribution >= 0.6 is 0 Å². The highest BCUT2D eigenvalue weighted by atomic mass is 16.5. The van der Waals surface area contributed by atoms with Gasteiger partial charge in [-0.3, -0.25) is 5.32 Å². The van der Waals surface area contributed by atoms with Crippen LogP contribution in [0.3, 0.4) is 0 Å². The molecule has 0 aromatic heterocycles. The number of aliphatic hydroxyl groups is 1. The molecule has 0 fully saturated rings. The first-order valence-electron chi connectivity index (χ1n) is 7.12. The van der Waals surface area contributed by atoms with Gasteiger partial charge in [-0.2, -0.15) is 5.26 Å². The highest BCUT2D eigenvalue weighted by molar-refractivity contribution is 5.27. The highest BCUT2D eigenvalue weighted by Gasteiger charge is 2.22. The van der Waals surface area contributed by atoms with E-state index in [-0.39, 0.29) is 6.61 Å². The summed E-state index contributed by atoms with van der Waals surface area (Å²) in [5.41, 5.74) is 0.554. The molecule has 1 aromatic rings. The third-order valence-electron chi connectivity index (χ3n) is 3.21. The Bertz CT molecular complexity index is 425. The van der Waals surface area contributed by atoms with Gasteiger partial charge in [-0.1, -0.05) is 19.1 Å². The van der Waals surface area contributed by atoms with Crippen LogP contribution < -0.4 is 10.1 Å². The van der Waals surface area contributed by atoms with E-state index in [9.17, 15) is 5.26 Å². The van der Waals surface area contributed by atoms with E-state index in [2.05, 4.69) is 18.3 Å². The van der Waals surface area contributed by atoms with E-state index in [1.807, 2.05) is 31.2 Å². The second kappa shape index (κ2) is 8.57. The number of nitriles is 1. The lowest BCUT2D eigenvalue weighted by Crippen LogP contribution is -2.42. The van der Waals surface area contributed by atoms with E-state index in [0.29, 0.717) is 19.4 Å². The molecule has 0 saturated carbocycles. The molecule has 0 heterocycles. The maximum Gasteiger partial charge on any atom is 0.119 e. The summed E-state index contributed by atoms with van der Waals surface area (Å²) >= 11 is 0. The van der Waals surface area contributed by atoms with Crippen molar-refractivity contribution < 1.29 is 9.84 Å². The Morgan fingerprint density at radius 1 is 1.35 bits per heavy atom. The molecular weight excluding hydrogens is 252 g/mol. The monoisotopic (exact) mass is 276 g/mol. The maximum absolute atomic E-state index is 9.21. The molecule has 1 aromatic carbocycles. The van der Waals surface area contributed by atoms with Crippen molar-refractivity contribution in [1.29, 1.82) is 5.26 Å². The second-order valence-corrected chi connectivity index (χ2v) is 5.09. The van der Waals surface area contributed by atoms with Gasteiger partial charge in [0.25, 0.3) is 0 Å². The lowest BCUT2D eigenvalue weighted by Gasteiger charge is -2.23. The molecule has 1 atom stereocenters. The number of rotatable bonds is 9. The van der Waals surface area contributed by atoms with Crippen molar-refractivity contribution in [2.24, 2.45) is 0 Å². The van der Waals surface area contributed by atoms with Crippen molar-refractivity contribution in [3.05, 3.63) is 29.8 Å². The van der Waals surface area contributed by atoms with Gasteiger partial charge in [-0.15, -0.1) is 0 Å². The fourth-order valence-corrected chi connectivity index (χ4v) is 1.84. The summed E-state index contributed by atoms with van der Waals surface area (Å²) in [4.78, 5) is 0. The van der Waals surface area contributed by atoms with Crippen LogP contribution in [0.1, 0.15) is 32.3 Å². The molecule has 0 spiro atoms. The Morgan fingerprint density at radius 2 is 2.05 bits per heavy atom. The largest absolute Gasteiger partial charge is 0.493 e. The normalized spacial score (nSPS) is 13.5. The van der Waals surface area contributed by atoms with Crippen molar-refractivity contribution in [3.8, 4) is 11.8 Å². The molecule has 0 amide bonds. The van der Waals surface area contributed by atoms with E-state index in [0.717, 1.165) is 24.3 Å². The second-order valence-electron chi connectivity index (χ2n) is 5.09. The van der Waals surface area contributed by atoms with Crippen LogP contribution in [0.25, 0.3) is 0 Å². The molecule has 1 rings (SSSR count). The summed E-state index contributed by atoms with van der Waals surface area (Å²) in [6, 6.07) is 10.00. The standard InChI is InChI=1S/C16H24N2O2/c1-3-10-18-16(2,13-17)9-12-20-15-6-4-14(5-7-15)8-11-19/h4-7,18-19H,3,8-12H2,1-2H3. The van der Waals surface area contributed by atoms with Crippen LogP contribution in [0.5, 0.6) is 5.75 Å². The first-order valence-corrected chi connectivity index (χ1v) is 7.12. The Morgan fingerprint density at radius 3 is 2.60 bits per heavy atom. The fraction of sp³-hybridized carbons (Fsp3) is 0.562. The number of hydrogen-bond acceptors (Lipinski definition) is 4. The number of aliphatic hydroxyl groups excluding tert-OH is 1. The van der Waals surface area contributed by atoms with Gasteiger partial charge in [0, 0.05) is 13.0 Å². The van der Waals surface area contributed by atoms with Crippen LogP contribution in [0, 0.1) is 11.3 Å². The minimum absolute atomic E-state index is 0.157. The Balaban J connectivity index is 2.41. The zero-order valence-corrected chi connectivity index (χ0v) is 12.4. The zero-order valence-electron chi connectivity index (χ0n) is 12.4. The molecule has 4 heteroatoms. The van der Waals surface area contributed by atoms with Crippen LogP contribution in [-0.4, -0.2) is 30.4 Å². The molecule has 4 nitrogen and oxygen atoms in total. The Hall–Kier alpha value is -1.57. The highest BCUT2D eigenvalue weighted by Crippen LogP contribution is 2.15. The van der Waals surface area contributed by atoms with Gasteiger partial charge < -0.3 is 9.84 Å². The molecular formula is C16H24N2O2. The maximum atomic E-state index is 9.21. The van der Waals surface area contributed by atoms with Crippen LogP contribution in [0.2, 0.25) is 0 Å².